The normalized spacial score (nSPS) is 31.3. The molecule has 2 aliphatic heterocycles. The summed E-state index contributed by atoms with van der Waals surface area (Å²) in [4.78, 5) is 61.9. The highest BCUT2D eigenvalue weighted by molar-refractivity contribution is 7.91. The van der Waals surface area contributed by atoms with E-state index in [0.29, 0.717) is 36.0 Å². The highest BCUT2D eigenvalue weighted by Gasteiger charge is 2.71. The van der Waals surface area contributed by atoms with Gasteiger partial charge in [-0.1, -0.05) is 32.9 Å². The molecule has 2 aromatic rings. The lowest BCUT2D eigenvalue weighted by Gasteiger charge is -2.42. The molecule has 1 unspecified atom stereocenters. The zero-order chi connectivity index (χ0) is 43.3. The van der Waals surface area contributed by atoms with E-state index < -0.39 is 98.8 Å². The average Bonchev–Trinajstić information content (AvgIpc) is 4.09. The zero-order valence-electron chi connectivity index (χ0n) is 34.2. The predicted molar refractivity (Wildman–Crippen MR) is 211 cm³/mol. The third-order valence-electron chi connectivity index (χ3n) is 12.7. The maximum Gasteiger partial charge on any atom is 0.408 e. The number of allylic oxidation sites excluding steroid dienone is 1. The number of nitrogens with zero attached hydrogens (tertiary/aromatic N) is 3. The number of carbonyl (C=O) groups is 4. The van der Waals surface area contributed by atoms with Crippen LogP contribution in [0.25, 0.3) is 10.8 Å². The van der Waals surface area contributed by atoms with Crippen LogP contribution in [0.4, 0.5) is 18.0 Å². The minimum atomic E-state index is -4.54. The molecule has 2 aliphatic carbocycles. The molecular formula is C41H54F3N5O9S. The first-order valence-corrected chi connectivity index (χ1v) is 21.7. The summed E-state index contributed by atoms with van der Waals surface area (Å²) < 4.78 is 87.4. The number of carbonyl (C=O) groups excluding carboxylic acids is 3. The minimum Gasteiger partial charge on any atom is -0.494 e. The fraction of sp³-hybridized carbons (Fsp3) is 0.634. The van der Waals surface area contributed by atoms with Crippen molar-refractivity contribution in [1.29, 1.82) is 0 Å². The van der Waals surface area contributed by atoms with Crippen molar-refractivity contribution in [2.75, 3.05) is 13.3 Å². The number of fused-ring (bicyclic) bond motifs is 3. The number of ether oxygens (including phenoxy) is 2. The van der Waals surface area contributed by atoms with E-state index in [1.165, 1.54) is 6.20 Å². The van der Waals surface area contributed by atoms with Gasteiger partial charge in [0.05, 0.1) is 6.61 Å². The molecule has 1 aromatic heterocycles. The number of hydrogen-bond acceptors (Lipinski definition) is 9. The van der Waals surface area contributed by atoms with Gasteiger partial charge in [-0.15, -0.1) is 0 Å². The van der Waals surface area contributed by atoms with Crippen LogP contribution in [0, 0.1) is 17.8 Å². The lowest BCUT2D eigenvalue weighted by molar-refractivity contribution is -0.219. The van der Waals surface area contributed by atoms with E-state index in [1.807, 2.05) is 11.6 Å². The molecule has 4 amide bonds. The predicted octanol–water partition coefficient (Wildman–Crippen LogP) is 5.95. The second-order valence-corrected chi connectivity index (χ2v) is 19.0. The number of pyridine rings is 1. The Balaban J connectivity index is 1.47. The number of amides is 4. The molecule has 3 N–H and O–H groups in total. The highest BCUT2D eigenvalue weighted by Crippen LogP contribution is 2.51. The molecular weight excluding hydrogens is 796 g/mol. The van der Waals surface area contributed by atoms with E-state index in [0.717, 1.165) is 11.8 Å². The first kappa shape index (κ1) is 44.0. The van der Waals surface area contributed by atoms with Crippen molar-refractivity contribution in [1.82, 2.24) is 24.8 Å². The third kappa shape index (κ3) is 7.92. The lowest BCUT2D eigenvalue weighted by Crippen LogP contribution is -2.64. The summed E-state index contributed by atoms with van der Waals surface area (Å²) in [6.07, 6.45) is 3.84. The second-order valence-electron chi connectivity index (χ2n) is 17.0. The molecule has 0 spiro atoms. The quantitative estimate of drug-likeness (QED) is 0.181. The molecule has 0 radical (unpaired) electrons. The van der Waals surface area contributed by atoms with Crippen LogP contribution in [0.5, 0.6) is 11.6 Å². The standard InChI is InChI=1S/C41H54F3N5O9S/c1-7-26(5)48(37(53)54)32-25(4)19-24(3)11-9-10-12-28-21-40(28,36(52)47-59(55,56)39(23-42)16-17-39)46-33(50)31-22-38(6,41(43,44)49(31)35(32)51)58-34-30-14-13-29(57-8-2)20-27(30)15-18-45-34/h10,12-15,18,20,24-26,28,31-32H,7-9,11,16-17,19,21-23H2,1-6H3,(H,46,50)(H,47,52)(H,53,54)/b12-10-/t24-,25+,26?,28+,31-,32-,38+,40+/m0/s1. The SMILES string of the molecule is CCOc1ccc2c(O[C@]3(C)C[C@H]4C(=O)N[C@]5(C(=O)NS(=O)(=O)C6(CF)CC6)C[C@H]5/C=C\CC[C@H](C)C[C@@H](C)[C@H](N(C(=O)O)C(C)CC)C(=O)N4C3(F)F)nccc2c1. The van der Waals surface area contributed by atoms with Gasteiger partial charge in [0.25, 0.3) is 11.8 Å². The third-order valence-corrected chi connectivity index (χ3v) is 14.8. The summed E-state index contributed by atoms with van der Waals surface area (Å²) in [6.45, 7) is 8.77. The number of carboxylic acid groups (broad SMARTS) is 1. The van der Waals surface area contributed by atoms with Crippen LogP contribution >= 0.6 is 0 Å². The molecule has 8 atom stereocenters. The second kappa shape index (κ2) is 16.1. The van der Waals surface area contributed by atoms with Crippen molar-refractivity contribution in [2.45, 2.75) is 133 Å². The van der Waals surface area contributed by atoms with Crippen molar-refractivity contribution in [3.8, 4) is 11.6 Å². The fourth-order valence-electron chi connectivity index (χ4n) is 8.62. The van der Waals surface area contributed by atoms with Gasteiger partial charge in [0.15, 0.2) is 5.60 Å². The molecule has 59 heavy (non-hydrogen) atoms. The van der Waals surface area contributed by atoms with Gasteiger partial charge in [0.1, 0.15) is 34.8 Å². The number of nitrogens with one attached hydrogen (secondary N) is 2. The first-order valence-electron chi connectivity index (χ1n) is 20.3. The van der Waals surface area contributed by atoms with E-state index in [2.05, 4.69) is 10.3 Å². The van der Waals surface area contributed by atoms with Gasteiger partial charge < -0.3 is 19.9 Å². The molecule has 14 nitrogen and oxygen atoms in total. The van der Waals surface area contributed by atoms with Crippen LogP contribution in [0.15, 0.2) is 42.6 Å². The van der Waals surface area contributed by atoms with Crippen LogP contribution < -0.4 is 19.5 Å². The lowest BCUT2D eigenvalue weighted by atomic mass is 9.86. The molecule has 0 bridgehead atoms. The Kier molecular flexibility index (Phi) is 12.0. The Morgan fingerprint density at radius 3 is 2.49 bits per heavy atom. The molecule has 3 heterocycles. The molecule has 18 heteroatoms. The summed E-state index contributed by atoms with van der Waals surface area (Å²) >= 11 is 0. The zero-order valence-corrected chi connectivity index (χ0v) is 35.0. The summed E-state index contributed by atoms with van der Waals surface area (Å²) in [7, 11) is -4.54. The molecule has 6 rings (SSSR count). The number of sulfonamides is 1. The van der Waals surface area contributed by atoms with Gasteiger partial charge in [-0.25, -0.2) is 22.6 Å². The van der Waals surface area contributed by atoms with E-state index in [4.69, 9.17) is 9.47 Å². The van der Waals surface area contributed by atoms with Gasteiger partial charge in [-0.2, -0.15) is 8.78 Å². The molecule has 324 valence electrons. The molecule has 1 aromatic carbocycles. The number of alkyl halides is 3. The maximum atomic E-state index is 17.6. The van der Waals surface area contributed by atoms with E-state index >= 15 is 13.6 Å². The van der Waals surface area contributed by atoms with Crippen molar-refractivity contribution < 1.29 is 55.3 Å². The Morgan fingerprint density at radius 2 is 1.86 bits per heavy atom. The van der Waals surface area contributed by atoms with Crippen LogP contribution in [-0.2, 0) is 24.4 Å². The van der Waals surface area contributed by atoms with Crippen molar-refractivity contribution >= 4 is 44.6 Å². The first-order chi connectivity index (χ1) is 27.7. The topological polar surface area (TPSA) is 185 Å². The Morgan fingerprint density at radius 1 is 1.15 bits per heavy atom. The van der Waals surface area contributed by atoms with Gasteiger partial charge >= 0.3 is 12.1 Å². The summed E-state index contributed by atoms with van der Waals surface area (Å²) in [5.41, 5.74) is -4.61. The molecule has 1 saturated heterocycles. The Hall–Kier alpha value is -4.61. The number of halogens is 3. The van der Waals surface area contributed by atoms with Gasteiger partial charge in [0.2, 0.25) is 21.8 Å². The largest absolute Gasteiger partial charge is 0.494 e. The van der Waals surface area contributed by atoms with E-state index in [1.54, 1.807) is 64.1 Å². The van der Waals surface area contributed by atoms with Gasteiger partial charge in [0, 0.05) is 30.0 Å². The number of rotatable bonds is 11. The van der Waals surface area contributed by atoms with Crippen molar-refractivity contribution in [2.24, 2.45) is 17.8 Å². The number of benzene rings is 1. The summed E-state index contributed by atoms with van der Waals surface area (Å²) in [6, 6.07) is -2.33. The number of aromatic nitrogens is 1. The van der Waals surface area contributed by atoms with Gasteiger partial charge in [-0.05, 0) is 107 Å². The van der Waals surface area contributed by atoms with Crippen LogP contribution in [0.2, 0.25) is 0 Å². The van der Waals surface area contributed by atoms with Gasteiger partial charge in [-0.3, -0.25) is 28.9 Å². The van der Waals surface area contributed by atoms with Crippen LogP contribution in [0.3, 0.4) is 0 Å². The molecule has 4 aliphatic rings. The summed E-state index contributed by atoms with van der Waals surface area (Å²) in [5.74, 6) is -5.13. The smallest absolute Gasteiger partial charge is 0.408 e. The molecule has 3 fully saturated rings. The average molecular weight is 850 g/mol. The number of hydrogen-bond donors (Lipinski definition) is 3. The minimum absolute atomic E-state index is 0.0113. The van der Waals surface area contributed by atoms with Crippen LogP contribution in [-0.4, -0.2) is 105 Å². The highest BCUT2D eigenvalue weighted by atomic mass is 32.2. The summed E-state index contributed by atoms with van der Waals surface area (Å²) in [5, 5.41) is 14.0. The Bertz CT molecular complexity index is 2120. The molecule has 2 saturated carbocycles. The maximum absolute atomic E-state index is 17.6. The van der Waals surface area contributed by atoms with Crippen molar-refractivity contribution in [3.05, 3.63) is 42.6 Å². The fourth-order valence-corrected chi connectivity index (χ4v) is 10.0. The Labute approximate surface area is 342 Å². The van der Waals surface area contributed by atoms with E-state index in [-0.39, 0.29) is 48.8 Å². The van der Waals surface area contributed by atoms with Crippen LogP contribution in [0.1, 0.15) is 92.9 Å². The monoisotopic (exact) mass is 849 g/mol. The van der Waals surface area contributed by atoms with E-state index in [9.17, 15) is 32.3 Å². The van der Waals surface area contributed by atoms with Crippen molar-refractivity contribution in [3.63, 3.8) is 0 Å².